The number of nitrogens with zero attached hydrogens (tertiary/aromatic N) is 2. The summed E-state index contributed by atoms with van der Waals surface area (Å²) in [6.45, 7) is 5.35. The number of thiophene rings is 1. The maximum absolute atomic E-state index is 9.48. The first-order valence-electron chi connectivity index (χ1n) is 8.98. The molecule has 1 aliphatic heterocycles. The zero-order chi connectivity index (χ0) is 17.1. The number of fused-ring (bicyclic) bond motifs is 1. The van der Waals surface area contributed by atoms with Crippen LogP contribution >= 0.6 is 11.3 Å². The molecule has 4 rings (SSSR count). The van der Waals surface area contributed by atoms with E-state index < -0.39 is 0 Å². The molecule has 2 aromatic heterocycles. The number of para-hydroxylation sites is 1. The van der Waals surface area contributed by atoms with Gasteiger partial charge in [0.2, 0.25) is 0 Å². The highest BCUT2D eigenvalue weighted by molar-refractivity contribution is 7.09. The summed E-state index contributed by atoms with van der Waals surface area (Å²) in [6.07, 6.45) is 0.842. The summed E-state index contributed by atoms with van der Waals surface area (Å²) in [5.41, 5.74) is 2.48. The van der Waals surface area contributed by atoms with E-state index in [1.807, 2.05) is 11.3 Å². The second-order valence-electron chi connectivity index (χ2n) is 6.83. The van der Waals surface area contributed by atoms with Crippen molar-refractivity contribution in [2.45, 2.75) is 25.6 Å². The largest absolute Gasteiger partial charge is 0.396 e. The van der Waals surface area contributed by atoms with Crippen LogP contribution in [0.2, 0.25) is 0 Å². The van der Waals surface area contributed by atoms with E-state index in [2.05, 4.69) is 62.6 Å². The van der Waals surface area contributed by atoms with Crippen LogP contribution < -0.4 is 0 Å². The van der Waals surface area contributed by atoms with Crippen LogP contribution in [0.4, 0.5) is 0 Å². The minimum atomic E-state index is 0.256. The van der Waals surface area contributed by atoms with Crippen molar-refractivity contribution >= 4 is 22.2 Å². The minimum absolute atomic E-state index is 0.256. The lowest BCUT2D eigenvalue weighted by atomic mass is 10.1. The van der Waals surface area contributed by atoms with Crippen molar-refractivity contribution in [2.75, 3.05) is 26.2 Å². The number of aliphatic hydroxyl groups excluding tert-OH is 1. The van der Waals surface area contributed by atoms with Gasteiger partial charge < -0.3 is 10.1 Å². The number of nitrogens with one attached hydrogen (secondary N) is 1. The summed E-state index contributed by atoms with van der Waals surface area (Å²) >= 11 is 1.82. The van der Waals surface area contributed by atoms with Gasteiger partial charge in [0.25, 0.3) is 0 Å². The molecule has 3 aromatic rings. The highest BCUT2D eigenvalue weighted by atomic mass is 32.1. The number of hydrogen-bond donors (Lipinski definition) is 2. The van der Waals surface area contributed by atoms with Crippen LogP contribution in [0.1, 0.15) is 17.0 Å². The van der Waals surface area contributed by atoms with Gasteiger partial charge in [-0.1, -0.05) is 24.3 Å². The smallest absolute Gasteiger partial charge is 0.0456 e. The minimum Gasteiger partial charge on any atom is -0.396 e. The Balaban J connectivity index is 1.42. The topological polar surface area (TPSA) is 42.5 Å². The Labute approximate surface area is 152 Å². The van der Waals surface area contributed by atoms with Crippen molar-refractivity contribution in [3.05, 3.63) is 58.4 Å². The van der Waals surface area contributed by atoms with Gasteiger partial charge in [-0.15, -0.1) is 11.3 Å². The molecule has 0 bridgehead atoms. The molecule has 3 heterocycles. The first-order valence-corrected chi connectivity index (χ1v) is 9.86. The normalized spacial score (nSPS) is 19.6. The van der Waals surface area contributed by atoms with Gasteiger partial charge in [-0.2, -0.15) is 0 Å². The number of benzene rings is 1. The number of hydrogen-bond acceptors (Lipinski definition) is 4. The molecule has 1 aliphatic rings. The summed E-state index contributed by atoms with van der Waals surface area (Å²) in [5, 5.41) is 12.9. The number of piperazine rings is 1. The summed E-state index contributed by atoms with van der Waals surface area (Å²) in [4.78, 5) is 9.98. The number of aromatic nitrogens is 1. The number of rotatable bonds is 6. The van der Waals surface area contributed by atoms with E-state index in [-0.39, 0.29) is 6.61 Å². The van der Waals surface area contributed by atoms with Crippen molar-refractivity contribution in [2.24, 2.45) is 0 Å². The maximum atomic E-state index is 9.48. The molecule has 0 aliphatic carbocycles. The van der Waals surface area contributed by atoms with E-state index in [0.29, 0.717) is 6.04 Å². The van der Waals surface area contributed by atoms with Crippen LogP contribution in [0.3, 0.4) is 0 Å². The zero-order valence-corrected chi connectivity index (χ0v) is 15.2. The molecule has 25 heavy (non-hydrogen) atoms. The van der Waals surface area contributed by atoms with E-state index in [0.717, 1.165) is 39.1 Å². The highest BCUT2D eigenvalue weighted by Gasteiger charge is 2.27. The molecule has 1 saturated heterocycles. The van der Waals surface area contributed by atoms with Crippen LogP contribution in [-0.2, 0) is 13.1 Å². The van der Waals surface area contributed by atoms with Crippen molar-refractivity contribution < 1.29 is 5.11 Å². The Morgan fingerprint density at radius 3 is 2.84 bits per heavy atom. The van der Waals surface area contributed by atoms with Crippen LogP contribution in [0, 0.1) is 0 Å². The highest BCUT2D eigenvalue weighted by Crippen LogP contribution is 2.21. The van der Waals surface area contributed by atoms with Gasteiger partial charge in [-0.05, 0) is 35.4 Å². The maximum Gasteiger partial charge on any atom is 0.0456 e. The van der Waals surface area contributed by atoms with Gasteiger partial charge in [0.15, 0.2) is 0 Å². The monoisotopic (exact) mass is 355 g/mol. The second kappa shape index (κ2) is 7.70. The molecule has 132 valence electrons. The Hall–Kier alpha value is -1.66. The fourth-order valence-corrected chi connectivity index (χ4v) is 4.52. The van der Waals surface area contributed by atoms with Crippen LogP contribution in [-0.4, -0.2) is 52.2 Å². The Kier molecular flexibility index (Phi) is 5.17. The number of H-pyrrole nitrogens is 1. The second-order valence-corrected chi connectivity index (χ2v) is 7.87. The molecule has 4 nitrogen and oxygen atoms in total. The summed E-state index contributed by atoms with van der Waals surface area (Å²) in [6, 6.07) is 15.4. The first kappa shape index (κ1) is 16.8. The molecule has 0 radical (unpaired) electrons. The van der Waals surface area contributed by atoms with Crippen LogP contribution in [0.15, 0.2) is 47.8 Å². The van der Waals surface area contributed by atoms with Crippen molar-refractivity contribution in [1.29, 1.82) is 0 Å². The molecular weight excluding hydrogens is 330 g/mol. The first-order chi connectivity index (χ1) is 12.3. The van der Waals surface area contributed by atoms with Gasteiger partial charge >= 0.3 is 0 Å². The van der Waals surface area contributed by atoms with Crippen LogP contribution in [0.5, 0.6) is 0 Å². The average Bonchev–Trinajstić information content (AvgIpc) is 3.26. The third-order valence-corrected chi connectivity index (χ3v) is 5.93. The van der Waals surface area contributed by atoms with Crippen LogP contribution in [0.25, 0.3) is 10.9 Å². The standard InChI is InChI=1S/C20H25N3OS/c24-10-7-18-14-22(8-9-23(18)15-19-5-3-11-25-19)13-17-12-16-4-1-2-6-20(16)21-17/h1-6,11-12,18,21,24H,7-10,13-15H2/t18-/m0/s1. The van der Waals surface area contributed by atoms with E-state index in [1.165, 1.54) is 21.5 Å². The number of aromatic amines is 1. The van der Waals surface area contributed by atoms with E-state index >= 15 is 0 Å². The third-order valence-electron chi connectivity index (χ3n) is 5.07. The van der Waals surface area contributed by atoms with Gasteiger partial charge in [-0.3, -0.25) is 9.80 Å². The van der Waals surface area contributed by atoms with Gasteiger partial charge in [-0.25, -0.2) is 0 Å². The summed E-state index contributed by atoms with van der Waals surface area (Å²) in [7, 11) is 0. The zero-order valence-electron chi connectivity index (χ0n) is 14.4. The quantitative estimate of drug-likeness (QED) is 0.713. The Morgan fingerprint density at radius 1 is 1.12 bits per heavy atom. The lowest BCUT2D eigenvalue weighted by molar-refractivity contribution is 0.0502. The molecule has 0 unspecified atom stereocenters. The molecule has 2 N–H and O–H groups in total. The van der Waals surface area contributed by atoms with E-state index in [1.54, 1.807) is 0 Å². The van der Waals surface area contributed by atoms with E-state index in [4.69, 9.17) is 0 Å². The fourth-order valence-electron chi connectivity index (χ4n) is 3.79. The lowest BCUT2D eigenvalue weighted by Gasteiger charge is -2.41. The molecular formula is C20H25N3OS. The molecule has 0 amide bonds. The number of aliphatic hydroxyl groups is 1. The average molecular weight is 356 g/mol. The third kappa shape index (κ3) is 3.96. The summed E-state index contributed by atoms with van der Waals surface area (Å²) in [5.74, 6) is 0. The van der Waals surface area contributed by atoms with Gasteiger partial charge in [0.1, 0.15) is 0 Å². The van der Waals surface area contributed by atoms with Crippen molar-refractivity contribution in [3.63, 3.8) is 0 Å². The van der Waals surface area contributed by atoms with Gasteiger partial charge in [0.05, 0.1) is 0 Å². The Bertz CT molecular complexity index is 765. The molecule has 1 aromatic carbocycles. The predicted molar refractivity (Wildman–Crippen MR) is 104 cm³/mol. The molecule has 1 fully saturated rings. The Morgan fingerprint density at radius 2 is 2.04 bits per heavy atom. The lowest BCUT2D eigenvalue weighted by Crippen LogP contribution is -2.52. The predicted octanol–water partition coefficient (Wildman–Crippen LogP) is 3.30. The SMILES string of the molecule is OCC[C@H]1CN(Cc2cc3ccccc3[nH]2)CCN1Cc1cccs1. The summed E-state index contributed by atoms with van der Waals surface area (Å²) < 4.78 is 0. The molecule has 0 saturated carbocycles. The van der Waals surface area contributed by atoms with E-state index in [9.17, 15) is 5.11 Å². The fraction of sp³-hybridized carbons (Fsp3) is 0.400. The van der Waals surface area contributed by atoms with Crippen molar-refractivity contribution in [1.82, 2.24) is 14.8 Å². The van der Waals surface area contributed by atoms with Gasteiger partial charge in [0, 0.05) is 61.5 Å². The molecule has 1 atom stereocenters. The van der Waals surface area contributed by atoms with Crippen molar-refractivity contribution in [3.8, 4) is 0 Å². The molecule has 5 heteroatoms. The molecule has 0 spiro atoms.